The van der Waals surface area contributed by atoms with Crippen molar-refractivity contribution in [3.8, 4) is 5.75 Å². The van der Waals surface area contributed by atoms with E-state index in [9.17, 15) is 4.79 Å². The average Bonchev–Trinajstić information content (AvgIpc) is 3.15. The van der Waals surface area contributed by atoms with Gasteiger partial charge in [-0.1, -0.05) is 54.0 Å². The van der Waals surface area contributed by atoms with E-state index >= 15 is 0 Å². The van der Waals surface area contributed by atoms with Gasteiger partial charge < -0.3 is 10.1 Å². The molecule has 0 fully saturated rings. The van der Waals surface area contributed by atoms with E-state index in [1.165, 1.54) is 19.2 Å². The summed E-state index contributed by atoms with van der Waals surface area (Å²) in [6.45, 7) is 2.02. The minimum absolute atomic E-state index is 0.283. The second kappa shape index (κ2) is 9.32. The van der Waals surface area contributed by atoms with Gasteiger partial charge in [-0.15, -0.1) is 5.10 Å². The lowest BCUT2D eigenvalue weighted by atomic mass is 10.2. The van der Waals surface area contributed by atoms with Crippen molar-refractivity contribution in [2.75, 3.05) is 12.4 Å². The summed E-state index contributed by atoms with van der Waals surface area (Å²) >= 11 is 13.7. The molecule has 1 aromatic heterocycles. The molecule has 0 atom stereocenters. The van der Waals surface area contributed by atoms with Gasteiger partial charge in [0.1, 0.15) is 5.82 Å². The number of methoxy groups -OCH3 is 1. The number of hydrogen-bond donors (Lipinski definition) is 2. The van der Waals surface area contributed by atoms with Crippen LogP contribution in [0.5, 0.6) is 5.75 Å². The zero-order chi connectivity index (χ0) is 20.1. The third-order valence-electron chi connectivity index (χ3n) is 3.89. The number of thioether (sulfide) groups is 1. The van der Waals surface area contributed by atoms with Crippen LogP contribution in [0.3, 0.4) is 0 Å². The molecular weight excluding hydrogens is 419 g/mol. The minimum atomic E-state index is -0.304. The number of H-pyrrole nitrogens is 1. The number of hydrogen-bond acceptors (Lipinski definition) is 5. The highest BCUT2D eigenvalue weighted by Gasteiger charge is 2.14. The second-order valence-electron chi connectivity index (χ2n) is 5.83. The number of ether oxygens (including phenoxy) is 1. The van der Waals surface area contributed by atoms with Crippen LogP contribution in [-0.4, -0.2) is 28.2 Å². The number of aromatic amines is 1. The fourth-order valence-electron chi connectivity index (χ4n) is 2.42. The smallest absolute Gasteiger partial charge is 0.255 e. The molecule has 2 N–H and O–H groups in total. The zero-order valence-corrected chi connectivity index (χ0v) is 17.6. The standard InChI is InChI=1S/C19H18Cl2N4O2S/c1-3-16-23-19(25-24-16)28-10-11-4-6-13(7-5-11)22-18(26)12-8-14(20)17(27-2)15(21)9-12/h4-9H,3,10H2,1-2H3,(H,22,26)(H,23,24,25). The normalized spacial score (nSPS) is 10.7. The van der Waals surface area contributed by atoms with Gasteiger partial charge in [0.15, 0.2) is 5.75 Å². The summed E-state index contributed by atoms with van der Waals surface area (Å²) < 4.78 is 5.10. The molecule has 0 aliphatic rings. The molecule has 0 spiro atoms. The van der Waals surface area contributed by atoms with Crippen LogP contribution < -0.4 is 10.1 Å². The number of benzene rings is 2. The lowest BCUT2D eigenvalue weighted by molar-refractivity contribution is 0.102. The Labute approximate surface area is 177 Å². The summed E-state index contributed by atoms with van der Waals surface area (Å²) in [5.74, 6) is 1.65. The molecule has 0 saturated heterocycles. The number of aryl methyl sites for hydroxylation is 1. The van der Waals surface area contributed by atoms with Crippen LogP contribution >= 0.6 is 35.0 Å². The van der Waals surface area contributed by atoms with Gasteiger partial charge in [-0.3, -0.25) is 9.89 Å². The van der Waals surface area contributed by atoms with E-state index in [0.717, 1.165) is 28.7 Å². The summed E-state index contributed by atoms with van der Waals surface area (Å²) in [6, 6.07) is 10.6. The molecule has 3 rings (SSSR count). The summed E-state index contributed by atoms with van der Waals surface area (Å²) in [5, 5.41) is 11.2. The molecule has 0 aliphatic carbocycles. The highest BCUT2D eigenvalue weighted by Crippen LogP contribution is 2.34. The molecular formula is C19H18Cl2N4O2S. The number of rotatable bonds is 7. The first-order valence-electron chi connectivity index (χ1n) is 8.47. The Morgan fingerprint density at radius 3 is 2.46 bits per heavy atom. The van der Waals surface area contributed by atoms with Gasteiger partial charge in [0.25, 0.3) is 5.91 Å². The van der Waals surface area contributed by atoms with Crippen LogP contribution in [0, 0.1) is 0 Å². The number of carbonyl (C=O) groups excluding carboxylic acids is 1. The third-order valence-corrected chi connectivity index (χ3v) is 5.37. The Morgan fingerprint density at radius 2 is 1.89 bits per heavy atom. The second-order valence-corrected chi connectivity index (χ2v) is 7.59. The number of carbonyl (C=O) groups is 1. The van der Waals surface area contributed by atoms with Gasteiger partial charge in [-0.2, -0.15) is 0 Å². The molecule has 1 heterocycles. The molecule has 146 valence electrons. The van der Waals surface area contributed by atoms with Crippen molar-refractivity contribution in [2.24, 2.45) is 0 Å². The first-order chi connectivity index (χ1) is 13.5. The molecule has 1 amide bonds. The largest absolute Gasteiger partial charge is 0.494 e. The molecule has 0 saturated carbocycles. The van der Waals surface area contributed by atoms with E-state index in [4.69, 9.17) is 27.9 Å². The van der Waals surface area contributed by atoms with Gasteiger partial charge in [-0.25, -0.2) is 4.98 Å². The Kier molecular flexibility index (Phi) is 6.83. The zero-order valence-electron chi connectivity index (χ0n) is 15.3. The number of anilines is 1. The van der Waals surface area contributed by atoms with E-state index in [1.54, 1.807) is 11.8 Å². The fourth-order valence-corrected chi connectivity index (χ4v) is 3.84. The summed E-state index contributed by atoms with van der Waals surface area (Å²) in [4.78, 5) is 16.8. The third kappa shape index (κ3) is 4.98. The summed E-state index contributed by atoms with van der Waals surface area (Å²) in [6.07, 6.45) is 0.826. The highest BCUT2D eigenvalue weighted by atomic mass is 35.5. The lowest BCUT2D eigenvalue weighted by Gasteiger charge is -2.10. The Morgan fingerprint density at radius 1 is 1.21 bits per heavy atom. The Hall–Kier alpha value is -2.22. The van der Waals surface area contributed by atoms with Gasteiger partial charge in [-0.05, 0) is 29.8 Å². The van der Waals surface area contributed by atoms with E-state index in [1.807, 2.05) is 31.2 Å². The number of amides is 1. The van der Waals surface area contributed by atoms with Gasteiger partial charge in [0, 0.05) is 23.4 Å². The molecule has 3 aromatic rings. The molecule has 0 aliphatic heterocycles. The van der Waals surface area contributed by atoms with Gasteiger partial charge in [0.05, 0.1) is 17.2 Å². The van der Waals surface area contributed by atoms with Crippen LogP contribution in [0.2, 0.25) is 10.0 Å². The van der Waals surface area contributed by atoms with Gasteiger partial charge in [0.2, 0.25) is 5.16 Å². The number of halogens is 2. The topological polar surface area (TPSA) is 79.9 Å². The van der Waals surface area contributed by atoms with Crippen molar-refractivity contribution in [1.29, 1.82) is 0 Å². The summed E-state index contributed by atoms with van der Waals surface area (Å²) in [5.41, 5.74) is 2.13. The Balaban J connectivity index is 1.61. The lowest BCUT2D eigenvalue weighted by Crippen LogP contribution is -2.12. The minimum Gasteiger partial charge on any atom is -0.494 e. The predicted molar refractivity (Wildman–Crippen MR) is 113 cm³/mol. The first-order valence-corrected chi connectivity index (χ1v) is 10.2. The maximum atomic E-state index is 12.5. The van der Waals surface area contributed by atoms with Crippen LogP contribution in [0.15, 0.2) is 41.6 Å². The van der Waals surface area contributed by atoms with Crippen molar-refractivity contribution in [1.82, 2.24) is 15.2 Å². The molecule has 0 bridgehead atoms. The van der Waals surface area contributed by atoms with Crippen LogP contribution in [0.1, 0.15) is 28.7 Å². The Bertz CT molecular complexity index is 953. The van der Waals surface area contributed by atoms with Crippen molar-refractivity contribution in [2.45, 2.75) is 24.3 Å². The van der Waals surface area contributed by atoms with Crippen molar-refractivity contribution < 1.29 is 9.53 Å². The van der Waals surface area contributed by atoms with Crippen molar-refractivity contribution in [3.63, 3.8) is 0 Å². The average molecular weight is 437 g/mol. The predicted octanol–water partition coefficient (Wildman–Crippen LogP) is 5.23. The first kappa shape index (κ1) is 20.5. The van der Waals surface area contributed by atoms with E-state index < -0.39 is 0 Å². The van der Waals surface area contributed by atoms with Gasteiger partial charge >= 0.3 is 0 Å². The van der Waals surface area contributed by atoms with E-state index in [-0.39, 0.29) is 16.0 Å². The quantitative estimate of drug-likeness (QED) is 0.495. The van der Waals surface area contributed by atoms with Crippen LogP contribution in [-0.2, 0) is 12.2 Å². The number of aromatic nitrogens is 3. The molecule has 28 heavy (non-hydrogen) atoms. The maximum absolute atomic E-state index is 12.5. The van der Waals surface area contributed by atoms with Crippen molar-refractivity contribution >= 4 is 46.6 Å². The van der Waals surface area contributed by atoms with E-state index in [0.29, 0.717) is 17.0 Å². The van der Waals surface area contributed by atoms with E-state index in [2.05, 4.69) is 20.5 Å². The van der Waals surface area contributed by atoms with Crippen molar-refractivity contribution in [3.05, 3.63) is 63.4 Å². The monoisotopic (exact) mass is 436 g/mol. The highest BCUT2D eigenvalue weighted by molar-refractivity contribution is 7.98. The fraction of sp³-hybridized carbons (Fsp3) is 0.211. The maximum Gasteiger partial charge on any atom is 0.255 e. The molecule has 6 nitrogen and oxygen atoms in total. The summed E-state index contributed by atoms with van der Waals surface area (Å²) in [7, 11) is 1.47. The van der Waals surface area contributed by atoms with Crippen LogP contribution in [0.25, 0.3) is 0 Å². The number of nitrogens with one attached hydrogen (secondary N) is 2. The van der Waals surface area contributed by atoms with Crippen LogP contribution in [0.4, 0.5) is 5.69 Å². The SMILES string of the molecule is CCc1nc(SCc2ccc(NC(=O)c3cc(Cl)c(OC)c(Cl)c3)cc2)n[nH]1. The molecule has 0 unspecified atom stereocenters. The number of nitrogens with zero attached hydrogens (tertiary/aromatic N) is 2. The molecule has 2 aromatic carbocycles. The molecule has 9 heteroatoms. The molecule has 0 radical (unpaired) electrons.